The number of carbonyl (C=O) groups is 2. The van der Waals surface area contributed by atoms with Crippen LogP contribution in [0.3, 0.4) is 0 Å². The van der Waals surface area contributed by atoms with Crippen molar-refractivity contribution in [1.29, 1.82) is 0 Å². The average Bonchev–Trinajstić information content (AvgIpc) is 2.68. The molecule has 0 aliphatic heterocycles. The van der Waals surface area contributed by atoms with Crippen LogP contribution >= 0.6 is 23.2 Å². The topological polar surface area (TPSA) is 49.4 Å². The Balaban J connectivity index is 2.32. The molecule has 0 bridgehead atoms. The molecule has 2 rings (SSSR count). The van der Waals surface area contributed by atoms with E-state index in [0.29, 0.717) is 23.0 Å². The molecule has 4 nitrogen and oxygen atoms in total. The van der Waals surface area contributed by atoms with Gasteiger partial charge in [0.05, 0.1) is 6.42 Å². The average molecular weight is 463 g/mol. The maximum Gasteiger partial charge on any atom is 0.242 e. The first-order chi connectivity index (χ1) is 14.7. The highest BCUT2D eigenvalue weighted by Crippen LogP contribution is 2.24. The third kappa shape index (κ3) is 7.55. The van der Waals surface area contributed by atoms with Crippen LogP contribution in [-0.4, -0.2) is 29.3 Å². The summed E-state index contributed by atoms with van der Waals surface area (Å²) in [5.41, 5.74) is 3.93. The van der Waals surface area contributed by atoms with Gasteiger partial charge in [-0.2, -0.15) is 0 Å². The fourth-order valence-electron chi connectivity index (χ4n) is 3.71. The predicted molar refractivity (Wildman–Crippen MR) is 129 cm³/mol. The second-order valence-electron chi connectivity index (χ2n) is 8.00. The number of amides is 2. The monoisotopic (exact) mass is 462 g/mol. The maximum atomic E-state index is 13.4. The fraction of sp³-hybridized carbons (Fsp3) is 0.440. The largest absolute Gasteiger partial charge is 0.354 e. The van der Waals surface area contributed by atoms with Crippen LogP contribution < -0.4 is 5.32 Å². The van der Waals surface area contributed by atoms with Gasteiger partial charge in [0.15, 0.2) is 0 Å². The summed E-state index contributed by atoms with van der Waals surface area (Å²) in [6.07, 6.45) is 2.64. The molecule has 168 valence electrons. The lowest BCUT2D eigenvalue weighted by molar-refractivity contribution is -0.140. The van der Waals surface area contributed by atoms with Gasteiger partial charge >= 0.3 is 0 Å². The summed E-state index contributed by atoms with van der Waals surface area (Å²) in [5, 5.41) is 3.99. The zero-order chi connectivity index (χ0) is 23.0. The van der Waals surface area contributed by atoms with Gasteiger partial charge in [-0.3, -0.25) is 9.59 Å². The number of nitrogens with one attached hydrogen (secondary N) is 1. The lowest BCUT2D eigenvalue weighted by Gasteiger charge is -2.31. The van der Waals surface area contributed by atoms with E-state index in [1.807, 2.05) is 39.0 Å². The van der Waals surface area contributed by atoms with Gasteiger partial charge in [-0.25, -0.2) is 0 Å². The van der Waals surface area contributed by atoms with Crippen molar-refractivity contribution in [2.75, 3.05) is 6.54 Å². The summed E-state index contributed by atoms with van der Waals surface area (Å²) in [6, 6.07) is 10.8. The van der Waals surface area contributed by atoms with Crippen molar-refractivity contribution in [3.05, 3.63) is 68.7 Å². The van der Waals surface area contributed by atoms with Gasteiger partial charge in [0.1, 0.15) is 6.04 Å². The summed E-state index contributed by atoms with van der Waals surface area (Å²) >= 11 is 12.4. The number of nitrogens with zero attached hydrogens (tertiary/aromatic N) is 1. The standard InChI is InChI=1S/C25H32Cl2N2O2/c1-5-7-10-28-25(31)23(6-2)29(16-20-8-9-21(26)15-22(20)27)24(30)14-19-12-17(3)11-18(4)13-19/h8-9,11-13,15,23H,5-7,10,14,16H2,1-4H3,(H,28,31). The lowest BCUT2D eigenvalue weighted by Crippen LogP contribution is -2.49. The van der Waals surface area contributed by atoms with Crippen molar-refractivity contribution in [2.24, 2.45) is 0 Å². The third-order valence-corrected chi connectivity index (χ3v) is 5.80. The highest BCUT2D eigenvalue weighted by molar-refractivity contribution is 6.35. The van der Waals surface area contributed by atoms with Crippen molar-refractivity contribution in [3.63, 3.8) is 0 Å². The van der Waals surface area contributed by atoms with E-state index in [4.69, 9.17) is 23.2 Å². The zero-order valence-corrected chi connectivity index (χ0v) is 20.3. The number of benzene rings is 2. The Morgan fingerprint density at radius 2 is 1.71 bits per heavy atom. The molecule has 1 N–H and O–H groups in total. The molecule has 0 saturated heterocycles. The van der Waals surface area contributed by atoms with Gasteiger partial charge in [0, 0.05) is 23.1 Å². The Labute approximate surface area is 195 Å². The van der Waals surface area contributed by atoms with E-state index in [9.17, 15) is 9.59 Å². The number of rotatable bonds is 10. The first kappa shape index (κ1) is 25.2. The first-order valence-electron chi connectivity index (χ1n) is 10.8. The molecular weight excluding hydrogens is 431 g/mol. The van der Waals surface area contributed by atoms with Gasteiger partial charge in [0.2, 0.25) is 11.8 Å². The van der Waals surface area contributed by atoms with Crippen LogP contribution in [0.15, 0.2) is 36.4 Å². The molecular formula is C25H32Cl2N2O2. The van der Waals surface area contributed by atoms with Crippen molar-refractivity contribution in [1.82, 2.24) is 10.2 Å². The predicted octanol–water partition coefficient (Wildman–Crippen LogP) is 5.88. The summed E-state index contributed by atoms with van der Waals surface area (Å²) in [6.45, 7) is 8.88. The number of hydrogen-bond donors (Lipinski definition) is 1. The molecule has 0 fully saturated rings. The van der Waals surface area contributed by atoms with E-state index in [1.54, 1.807) is 17.0 Å². The molecule has 0 aliphatic rings. The van der Waals surface area contributed by atoms with E-state index < -0.39 is 6.04 Å². The minimum absolute atomic E-state index is 0.103. The Morgan fingerprint density at radius 1 is 1.03 bits per heavy atom. The zero-order valence-electron chi connectivity index (χ0n) is 18.8. The summed E-state index contributed by atoms with van der Waals surface area (Å²) in [4.78, 5) is 28.0. The minimum atomic E-state index is -0.568. The SMILES string of the molecule is CCCCNC(=O)C(CC)N(Cc1ccc(Cl)cc1Cl)C(=O)Cc1cc(C)cc(C)c1. The molecule has 0 aromatic heterocycles. The molecule has 0 heterocycles. The normalized spacial score (nSPS) is 11.8. The quantitative estimate of drug-likeness (QED) is 0.448. The van der Waals surface area contributed by atoms with Gasteiger partial charge in [0.25, 0.3) is 0 Å². The van der Waals surface area contributed by atoms with E-state index in [0.717, 1.165) is 35.1 Å². The lowest BCUT2D eigenvalue weighted by atomic mass is 10.0. The van der Waals surface area contributed by atoms with Gasteiger partial charge in [-0.15, -0.1) is 0 Å². The molecule has 0 spiro atoms. The Morgan fingerprint density at radius 3 is 2.29 bits per heavy atom. The Kier molecular flexibility index (Phi) is 9.86. The maximum absolute atomic E-state index is 13.4. The number of halogens is 2. The molecule has 31 heavy (non-hydrogen) atoms. The fourth-order valence-corrected chi connectivity index (χ4v) is 4.17. The first-order valence-corrected chi connectivity index (χ1v) is 11.6. The third-order valence-electron chi connectivity index (χ3n) is 5.21. The highest BCUT2D eigenvalue weighted by atomic mass is 35.5. The smallest absolute Gasteiger partial charge is 0.242 e. The van der Waals surface area contributed by atoms with Crippen LogP contribution in [-0.2, 0) is 22.6 Å². The van der Waals surface area contributed by atoms with Crippen LogP contribution in [0.2, 0.25) is 10.0 Å². The van der Waals surface area contributed by atoms with Crippen LogP contribution in [0.25, 0.3) is 0 Å². The van der Waals surface area contributed by atoms with E-state index >= 15 is 0 Å². The highest BCUT2D eigenvalue weighted by Gasteiger charge is 2.29. The molecule has 2 aromatic rings. The molecule has 0 aliphatic carbocycles. The van der Waals surface area contributed by atoms with E-state index in [2.05, 4.69) is 18.3 Å². The molecule has 1 unspecified atom stereocenters. The second-order valence-corrected chi connectivity index (χ2v) is 8.84. The van der Waals surface area contributed by atoms with Gasteiger partial charge in [-0.05, 0) is 49.9 Å². The summed E-state index contributed by atoms with van der Waals surface area (Å²) < 4.78 is 0. The second kappa shape index (κ2) is 12.1. The van der Waals surface area contributed by atoms with Crippen molar-refractivity contribution in [2.45, 2.75) is 66.0 Å². The Bertz CT molecular complexity index is 894. The molecule has 0 saturated carbocycles. The van der Waals surface area contributed by atoms with Crippen molar-refractivity contribution >= 4 is 35.0 Å². The minimum Gasteiger partial charge on any atom is -0.354 e. The van der Waals surface area contributed by atoms with Gasteiger partial charge < -0.3 is 10.2 Å². The number of aryl methyl sites for hydroxylation is 2. The number of hydrogen-bond acceptors (Lipinski definition) is 2. The summed E-state index contributed by atoms with van der Waals surface area (Å²) in [5.74, 6) is -0.233. The Hall–Kier alpha value is -2.04. The molecule has 6 heteroatoms. The van der Waals surface area contributed by atoms with Crippen molar-refractivity contribution < 1.29 is 9.59 Å². The summed E-state index contributed by atoms with van der Waals surface area (Å²) in [7, 11) is 0. The molecule has 2 amide bonds. The molecule has 0 radical (unpaired) electrons. The van der Waals surface area contributed by atoms with Gasteiger partial charge in [-0.1, -0.05) is 78.9 Å². The van der Waals surface area contributed by atoms with Crippen LogP contribution in [0.1, 0.15) is 55.4 Å². The van der Waals surface area contributed by atoms with E-state index in [1.165, 1.54) is 0 Å². The number of carbonyl (C=O) groups excluding carboxylic acids is 2. The molecule has 1 atom stereocenters. The molecule has 2 aromatic carbocycles. The number of unbranched alkanes of at least 4 members (excludes halogenated alkanes) is 1. The van der Waals surface area contributed by atoms with Crippen LogP contribution in [0.4, 0.5) is 0 Å². The van der Waals surface area contributed by atoms with Crippen molar-refractivity contribution in [3.8, 4) is 0 Å². The van der Waals surface area contributed by atoms with Crippen LogP contribution in [0, 0.1) is 13.8 Å². The van der Waals surface area contributed by atoms with E-state index in [-0.39, 0.29) is 24.8 Å². The van der Waals surface area contributed by atoms with Crippen LogP contribution in [0.5, 0.6) is 0 Å².